The summed E-state index contributed by atoms with van der Waals surface area (Å²) in [6.45, 7) is 9.65. The van der Waals surface area contributed by atoms with Crippen LogP contribution in [0.2, 0.25) is 0 Å². The van der Waals surface area contributed by atoms with Gasteiger partial charge in [-0.3, -0.25) is 0 Å². The van der Waals surface area contributed by atoms with E-state index in [2.05, 4.69) is 6.58 Å². The number of hydrogen-bond donors (Lipinski definition) is 0. The topological polar surface area (TPSA) is 35.5 Å². The van der Waals surface area contributed by atoms with E-state index in [1.165, 1.54) is 5.56 Å². The molecule has 1 aromatic rings. The van der Waals surface area contributed by atoms with Crippen molar-refractivity contribution in [1.82, 2.24) is 0 Å². The smallest absolute Gasteiger partial charge is 0.330 e. The molecule has 3 heteroatoms. The van der Waals surface area contributed by atoms with E-state index in [9.17, 15) is 4.79 Å². The van der Waals surface area contributed by atoms with Gasteiger partial charge in [-0.05, 0) is 43.5 Å². The van der Waals surface area contributed by atoms with Crippen LogP contribution in [-0.2, 0) is 16.1 Å². The molecule has 0 saturated heterocycles. The van der Waals surface area contributed by atoms with Gasteiger partial charge in [-0.15, -0.1) is 0 Å². The van der Waals surface area contributed by atoms with Gasteiger partial charge in [0, 0.05) is 11.6 Å². The van der Waals surface area contributed by atoms with E-state index in [1.807, 2.05) is 26.8 Å². The lowest BCUT2D eigenvalue weighted by Gasteiger charge is -2.15. The predicted molar refractivity (Wildman–Crippen MR) is 67.2 cm³/mol. The summed E-state index contributed by atoms with van der Waals surface area (Å²) in [5, 5.41) is 0. The largest absolute Gasteiger partial charge is 0.496 e. The summed E-state index contributed by atoms with van der Waals surface area (Å²) in [4.78, 5) is 11.1. The molecule has 0 fully saturated rings. The van der Waals surface area contributed by atoms with Crippen molar-refractivity contribution in [2.45, 2.75) is 27.4 Å². The number of hydrogen-bond acceptors (Lipinski definition) is 3. The molecule has 0 aliphatic rings. The Labute approximate surface area is 102 Å². The van der Waals surface area contributed by atoms with Gasteiger partial charge in [0.15, 0.2) is 0 Å². The summed E-state index contributed by atoms with van der Waals surface area (Å²) >= 11 is 0. The normalized spacial score (nSPS) is 9.88. The van der Waals surface area contributed by atoms with Gasteiger partial charge in [0.1, 0.15) is 12.4 Å². The summed E-state index contributed by atoms with van der Waals surface area (Å²) in [6, 6.07) is 1.96. The fraction of sp³-hybridized carbons (Fsp3) is 0.357. The van der Waals surface area contributed by atoms with Crippen LogP contribution in [0, 0.1) is 20.8 Å². The first-order valence-corrected chi connectivity index (χ1v) is 5.44. The second-order valence-corrected chi connectivity index (χ2v) is 3.94. The lowest BCUT2D eigenvalue weighted by atomic mass is 9.98. The lowest BCUT2D eigenvalue weighted by Crippen LogP contribution is -2.05. The van der Waals surface area contributed by atoms with Gasteiger partial charge in [-0.25, -0.2) is 4.79 Å². The van der Waals surface area contributed by atoms with Gasteiger partial charge in [-0.1, -0.05) is 6.58 Å². The summed E-state index contributed by atoms with van der Waals surface area (Å²) in [5.74, 6) is 0.326. The average molecular weight is 234 g/mol. The minimum atomic E-state index is -0.426. The number of benzene rings is 1. The van der Waals surface area contributed by atoms with E-state index >= 15 is 0 Å². The molecule has 0 bridgehead atoms. The molecule has 1 aromatic carbocycles. The fourth-order valence-electron chi connectivity index (χ4n) is 1.66. The summed E-state index contributed by atoms with van der Waals surface area (Å²) in [6.07, 6.45) is 1.16. The SMILES string of the molecule is C=CC(=O)OCc1c(OC)cc(C)c(C)c1C. The molecule has 0 heterocycles. The van der Waals surface area contributed by atoms with E-state index in [-0.39, 0.29) is 6.61 Å². The van der Waals surface area contributed by atoms with Crippen LogP contribution in [0.4, 0.5) is 0 Å². The zero-order valence-electron chi connectivity index (χ0n) is 10.8. The van der Waals surface area contributed by atoms with Gasteiger partial charge < -0.3 is 9.47 Å². The second kappa shape index (κ2) is 5.53. The number of carbonyl (C=O) groups is 1. The fourth-order valence-corrected chi connectivity index (χ4v) is 1.66. The first kappa shape index (κ1) is 13.3. The molecule has 0 atom stereocenters. The number of ether oxygens (including phenoxy) is 2. The lowest BCUT2D eigenvalue weighted by molar-refractivity contribution is -0.139. The minimum absolute atomic E-state index is 0.209. The van der Waals surface area contributed by atoms with Gasteiger partial charge in [0.2, 0.25) is 0 Å². The Morgan fingerprint density at radius 2 is 2.00 bits per heavy atom. The van der Waals surface area contributed by atoms with Gasteiger partial charge >= 0.3 is 5.97 Å². The molecule has 92 valence electrons. The summed E-state index contributed by atoms with van der Waals surface area (Å²) in [7, 11) is 1.61. The van der Waals surface area contributed by atoms with Crippen molar-refractivity contribution in [3.63, 3.8) is 0 Å². The molecule has 0 aromatic heterocycles. The Bertz CT molecular complexity index is 447. The maximum absolute atomic E-state index is 11.1. The molecule has 0 unspecified atom stereocenters. The van der Waals surface area contributed by atoms with Gasteiger partial charge in [0.25, 0.3) is 0 Å². The summed E-state index contributed by atoms with van der Waals surface area (Å²) < 4.78 is 10.4. The van der Waals surface area contributed by atoms with Crippen LogP contribution >= 0.6 is 0 Å². The highest BCUT2D eigenvalue weighted by Crippen LogP contribution is 2.28. The van der Waals surface area contributed by atoms with Crippen molar-refractivity contribution in [3.05, 3.63) is 41.0 Å². The molecule has 0 aliphatic heterocycles. The van der Waals surface area contributed by atoms with Crippen molar-refractivity contribution < 1.29 is 14.3 Å². The molecule has 1 rings (SSSR count). The van der Waals surface area contributed by atoms with Crippen LogP contribution in [0.3, 0.4) is 0 Å². The van der Waals surface area contributed by atoms with Gasteiger partial charge in [-0.2, -0.15) is 0 Å². The van der Waals surface area contributed by atoms with Crippen LogP contribution in [0.1, 0.15) is 22.3 Å². The molecule has 0 radical (unpaired) electrons. The van der Waals surface area contributed by atoms with Crippen molar-refractivity contribution in [2.24, 2.45) is 0 Å². The Morgan fingerprint density at radius 3 is 2.53 bits per heavy atom. The molecule has 17 heavy (non-hydrogen) atoms. The molecule has 0 N–H and O–H groups in total. The van der Waals surface area contributed by atoms with E-state index in [0.29, 0.717) is 0 Å². The van der Waals surface area contributed by atoms with E-state index in [1.54, 1.807) is 7.11 Å². The maximum Gasteiger partial charge on any atom is 0.330 e. The van der Waals surface area contributed by atoms with Crippen molar-refractivity contribution in [1.29, 1.82) is 0 Å². The minimum Gasteiger partial charge on any atom is -0.496 e. The molecular weight excluding hydrogens is 216 g/mol. The molecule has 0 saturated carbocycles. The quantitative estimate of drug-likeness (QED) is 0.593. The molecule has 0 aliphatic carbocycles. The van der Waals surface area contributed by atoms with Crippen LogP contribution in [-0.4, -0.2) is 13.1 Å². The first-order valence-electron chi connectivity index (χ1n) is 5.44. The zero-order valence-corrected chi connectivity index (χ0v) is 10.8. The standard InChI is InChI=1S/C14H18O3/c1-6-14(15)17-8-12-11(4)10(3)9(2)7-13(12)16-5/h6-7H,1,8H2,2-5H3. The highest BCUT2D eigenvalue weighted by molar-refractivity contribution is 5.81. The van der Waals surface area contributed by atoms with Crippen molar-refractivity contribution in [3.8, 4) is 5.75 Å². The monoisotopic (exact) mass is 234 g/mol. The highest BCUT2D eigenvalue weighted by Gasteiger charge is 2.12. The van der Waals surface area contributed by atoms with E-state index in [4.69, 9.17) is 9.47 Å². The van der Waals surface area contributed by atoms with Crippen LogP contribution in [0.15, 0.2) is 18.7 Å². The molecular formula is C14H18O3. The Hall–Kier alpha value is -1.77. The third kappa shape index (κ3) is 2.87. The Morgan fingerprint density at radius 1 is 1.35 bits per heavy atom. The van der Waals surface area contributed by atoms with Gasteiger partial charge in [0.05, 0.1) is 7.11 Å². The molecule has 3 nitrogen and oxygen atoms in total. The molecule has 0 amide bonds. The van der Waals surface area contributed by atoms with Crippen LogP contribution in [0.25, 0.3) is 0 Å². The Balaban J connectivity index is 3.08. The maximum atomic E-state index is 11.1. The van der Waals surface area contributed by atoms with E-state index < -0.39 is 5.97 Å². The number of esters is 1. The number of aryl methyl sites for hydroxylation is 1. The third-order valence-electron chi connectivity index (χ3n) is 3.00. The van der Waals surface area contributed by atoms with E-state index in [0.717, 1.165) is 28.5 Å². The van der Waals surface area contributed by atoms with Crippen molar-refractivity contribution in [2.75, 3.05) is 7.11 Å². The number of rotatable bonds is 4. The average Bonchev–Trinajstić information content (AvgIpc) is 2.33. The predicted octanol–water partition coefficient (Wildman–Crippen LogP) is 2.85. The van der Waals surface area contributed by atoms with Crippen LogP contribution < -0.4 is 4.74 Å². The number of methoxy groups -OCH3 is 1. The third-order valence-corrected chi connectivity index (χ3v) is 3.00. The highest BCUT2D eigenvalue weighted by atomic mass is 16.5. The second-order valence-electron chi connectivity index (χ2n) is 3.94. The number of carbonyl (C=O) groups excluding carboxylic acids is 1. The Kier molecular flexibility index (Phi) is 4.32. The zero-order chi connectivity index (χ0) is 13.0. The van der Waals surface area contributed by atoms with Crippen molar-refractivity contribution >= 4 is 5.97 Å². The first-order chi connectivity index (χ1) is 8.01. The molecule has 0 spiro atoms. The van der Waals surface area contributed by atoms with Crippen LogP contribution in [0.5, 0.6) is 5.75 Å². The summed E-state index contributed by atoms with van der Waals surface area (Å²) in [5.41, 5.74) is 4.36.